The zero-order valence-electron chi connectivity index (χ0n) is 8.34. The van der Waals surface area contributed by atoms with Gasteiger partial charge in [0.05, 0.1) is 13.0 Å². The molecule has 0 aliphatic heterocycles. The standard InChI is InChI=1S/C11H13IO2/c1-3-14-11(13)7-9-6-10(12)5-4-8(9)2/h4-6H,3,7H2,1-2H3. The third kappa shape index (κ3) is 3.29. The Balaban J connectivity index is 2.75. The average Bonchev–Trinajstić information content (AvgIpc) is 2.12. The van der Waals surface area contributed by atoms with Crippen LogP contribution in [0.3, 0.4) is 0 Å². The first-order valence-electron chi connectivity index (χ1n) is 4.54. The minimum Gasteiger partial charge on any atom is -0.466 e. The van der Waals surface area contributed by atoms with Crippen LogP contribution in [0, 0.1) is 10.5 Å². The van der Waals surface area contributed by atoms with Crippen molar-refractivity contribution in [3.8, 4) is 0 Å². The zero-order chi connectivity index (χ0) is 10.6. The number of carbonyl (C=O) groups excluding carboxylic acids is 1. The van der Waals surface area contributed by atoms with E-state index in [0.717, 1.165) is 14.7 Å². The van der Waals surface area contributed by atoms with E-state index in [0.29, 0.717) is 13.0 Å². The Labute approximate surface area is 97.8 Å². The molecule has 0 aromatic heterocycles. The van der Waals surface area contributed by atoms with Crippen molar-refractivity contribution < 1.29 is 9.53 Å². The predicted molar refractivity (Wildman–Crippen MR) is 64.2 cm³/mol. The molecule has 1 aromatic carbocycles. The van der Waals surface area contributed by atoms with Crippen LogP contribution in [0.5, 0.6) is 0 Å². The normalized spacial score (nSPS) is 9.93. The molecule has 0 saturated heterocycles. The molecule has 0 aliphatic carbocycles. The molecule has 1 aromatic rings. The summed E-state index contributed by atoms with van der Waals surface area (Å²) in [5, 5.41) is 0. The molecule has 0 N–H and O–H groups in total. The molecule has 3 heteroatoms. The number of halogens is 1. The van der Waals surface area contributed by atoms with Gasteiger partial charge >= 0.3 is 5.97 Å². The van der Waals surface area contributed by atoms with Gasteiger partial charge in [-0.25, -0.2) is 0 Å². The van der Waals surface area contributed by atoms with Crippen molar-refractivity contribution in [2.75, 3.05) is 6.61 Å². The van der Waals surface area contributed by atoms with Gasteiger partial charge in [-0.15, -0.1) is 0 Å². The second-order valence-corrected chi connectivity index (χ2v) is 4.30. The summed E-state index contributed by atoms with van der Waals surface area (Å²) in [4.78, 5) is 11.3. The smallest absolute Gasteiger partial charge is 0.310 e. The van der Waals surface area contributed by atoms with E-state index < -0.39 is 0 Å². The van der Waals surface area contributed by atoms with Crippen molar-refractivity contribution in [3.05, 3.63) is 32.9 Å². The Hall–Kier alpha value is -0.580. The highest BCUT2D eigenvalue weighted by Crippen LogP contribution is 2.13. The molecular weight excluding hydrogens is 291 g/mol. The Bertz CT molecular complexity index is 334. The summed E-state index contributed by atoms with van der Waals surface area (Å²) in [6.07, 6.45) is 0.372. The number of hydrogen-bond acceptors (Lipinski definition) is 2. The molecule has 0 saturated carbocycles. The number of esters is 1. The van der Waals surface area contributed by atoms with Crippen LogP contribution in [0.4, 0.5) is 0 Å². The third-order valence-electron chi connectivity index (χ3n) is 1.95. The Kier molecular flexibility index (Phi) is 4.38. The molecule has 0 atom stereocenters. The quantitative estimate of drug-likeness (QED) is 0.634. The van der Waals surface area contributed by atoms with Gasteiger partial charge in [0.2, 0.25) is 0 Å². The van der Waals surface area contributed by atoms with Gasteiger partial charge in [0.25, 0.3) is 0 Å². The molecular formula is C11H13IO2. The van der Waals surface area contributed by atoms with E-state index in [-0.39, 0.29) is 5.97 Å². The minimum atomic E-state index is -0.155. The van der Waals surface area contributed by atoms with Crippen molar-refractivity contribution in [1.82, 2.24) is 0 Å². The molecule has 0 bridgehead atoms. The number of carbonyl (C=O) groups is 1. The lowest BCUT2D eigenvalue weighted by Crippen LogP contribution is -2.08. The maximum Gasteiger partial charge on any atom is 0.310 e. The first-order valence-corrected chi connectivity index (χ1v) is 5.62. The van der Waals surface area contributed by atoms with Gasteiger partial charge in [0.1, 0.15) is 0 Å². The predicted octanol–water partition coefficient (Wildman–Crippen LogP) is 2.71. The molecule has 1 rings (SSSR count). The second-order valence-electron chi connectivity index (χ2n) is 3.05. The van der Waals surface area contributed by atoms with Gasteiger partial charge in [0, 0.05) is 3.57 Å². The van der Waals surface area contributed by atoms with Gasteiger partial charge < -0.3 is 4.74 Å². The van der Waals surface area contributed by atoms with E-state index in [1.54, 1.807) is 0 Å². The summed E-state index contributed by atoms with van der Waals surface area (Å²) >= 11 is 2.24. The lowest BCUT2D eigenvalue weighted by Gasteiger charge is -2.05. The lowest BCUT2D eigenvalue weighted by molar-refractivity contribution is -0.142. The van der Waals surface area contributed by atoms with Gasteiger partial charge in [0.15, 0.2) is 0 Å². The van der Waals surface area contributed by atoms with E-state index in [9.17, 15) is 4.79 Å². The fourth-order valence-corrected chi connectivity index (χ4v) is 1.75. The first kappa shape index (κ1) is 11.5. The van der Waals surface area contributed by atoms with Crippen LogP contribution in [0.1, 0.15) is 18.1 Å². The highest BCUT2D eigenvalue weighted by Gasteiger charge is 2.06. The van der Waals surface area contributed by atoms with Gasteiger partial charge in [-0.1, -0.05) is 6.07 Å². The van der Waals surface area contributed by atoms with Gasteiger partial charge in [-0.05, 0) is 59.7 Å². The molecule has 76 valence electrons. The molecule has 0 fully saturated rings. The highest BCUT2D eigenvalue weighted by molar-refractivity contribution is 14.1. The summed E-state index contributed by atoms with van der Waals surface area (Å²) in [5.74, 6) is -0.155. The highest BCUT2D eigenvalue weighted by atomic mass is 127. The zero-order valence-corrected chi connectivity index (χ0v) is 10.5. The number of rotatable bonds is 3. The van der Waals surface area contributed by atoms with Crippen LogP contribution in [-0.2, 0) is 16.0 Å². The average molecular weight is 304 g/mol. The molecule has 2 nitrogen and oxygen atoms in total. The van der Waals surface area contributed by atoms with Crippen LogP contribution >= 0.6 is 22.6 Å². The van der Waals surface area contributed by atoms with E-state index in [4.69, 9.17) is 4.74 Å². The minimum absolute atomic E-state index is 0.155. The van der Waals surface area contributed by atoms with Crippen LogP contribution in [0.25, 0.3) is 0 Å². The molecule has 14 heavy (non-hydrogen) atoms. The first-order chi connectivity index (χ1) is 6.63. The van der Waals surface area contributed by atoms with Crippen molar-refractivity contribution in [2.45, 2.75) is 20.3 Å². The Morgan fingerprint density at radius 3 is 2.86 bits per heavy atom. The molecule has 0 amide bonds. The van der Waals surface area contributed by atoms with Crippen LogP contribution in [-0.4, -0.2) is 12.6 Å². The maximum absolute atomic E-state index is 11.3. The van der Waals surface area contributed by atoms with Crippen molar-refractivity contribution in [1.29, 1.82) is 0 Å². The van der Waals surface area contributed by atoms with Crippen LogP contribution < -0.4 is 0 Å². The lowest BCUT2D eigenvalue weighted by atomic mass is 10.1. The van der Waals surface area contributed by atoms with Crippen LogP contribution in [0.15, 0.2) is 18.2 Å². The summed E-state index contributed by atoms with van der Waals surface area (Å²) in [6.45, 7) is 4.27. The number of aryl methyl sites for hydroxylation is 1. The fraction of sp³-hybridized carbons (Fsp3) is 0.364. The summed E-state index contributed by atoms with van der Waals surface area (Å²) in [6, 6.07) is 6.08. The number of benzene rings is 1. The SMILES string of the molecule is CCOC(=O)Cc1cc(I)ccc1C. The molecule has 0 unspecified atom stereocenters. The van der Waals surface area contributed by atoms with E-state index in [2.05, 4.69) is 22.6 Å². The summed E-state index contributed by atoms with van der Waals surface area (Å²) in [5.41, 5.74) is 2.19. The van der Waals surface area contributed by atoms with Crippen molar-refractivity contribution in [2.24, 2.45) is 0 Å². The van der Waals surface area contributed by atoms with Crippen molar-refractivity contribution in [3.63, 3.8) is 0 Å². The van der Waals surface area contributed by atoms with Crippen LogP contribution in [0.2, 0.25) is 0 Å². The largest absolute Gasteiger partial charge is 0.466 e. The second kappa shape index (κ2) is 5.34. The third-order valence-corrected chi connectivity index (χ3v) is 2.62. The fourth-order valence-electron chi connectivity index (χ4n) is 1.20. The molecule has 0 radical (unpaired) electrons. The van der Waals surface area contributed by atoms with Gasteiger partial charge in [-0.2, -0.15) is 0 Å². The molecule has 0 spiro atoms. The molecule has 0 aliphatic rings. The Morgan fingerprint density at radius 1 is 1.50 bits per heavy atom. The maximum atomic E-state index is 11.3. The van der Waals surface area contributed by atoms with E-state index in [1.807, 2.05) is 32.0 Å². The number of ether oxygens (including phenoxy) is 1. The monoisotopic (exact) mass is 304 g/mol. The van der Waals surface area contributed by atoms with E-state index >= 15 is 0 Å². The summed E-state index contributed by atoms with van der Waals surface area (Å²) < 4.78 is 6.05. The Morgan fingerprint density at radius 2 is 2.21 bits per heavy atom. The summed E-state index contributed by atoms with van der Waals surface area (Å²) in [7, 11) is 0. The van der Waals surface area contributed by atoms with Gasteiger partial charge in [-0.3, -0.25) is 4.79 Å². The van der Waals surface area contributed by atoms with E-state index in [1.165, 1.54) is 0 Å². The number of hydrogen-bond donors (Lipinski definition) is 0. The topological polar surface area (TPSA) is 26.3 Å². The molecule has 0 heterocycles. The van der Waals surface area contributed by atoms with Crippen molar-refractivity contribution >= 4 is 28.6 Å².